The van der Waals surface area contributed by atoms with E-state index in [9.17, 15) is 15.2 Å². The molecule has 0 fully saturated rings. The Labute approximate surface area is 164 Å². The second-order valence-corrected chi connectivity index (χ2v) is 7.66. The lowest BCUT2D eigenvalue weighted by molar-refractivity contribution is -0.385. The highest BCUT2D eigenvalue weighted by Crippen LogP contribution is 2.56. The van der Waals surface area contributed by atoms with Gasteiger partial charge in [-0.05, 0) is 30.0 Å². The van der Waals surface area contributed by atoms with Crippen molar-refractivity contribution in [1.82, 2.24) is 0 Å². The highest BCUT2D eigenvalue weighted by atomic mass is 35.5. The third kappa shape index (κ3) is 2.62. The zero-order valence-electron chi connectivity index (χ0n) is 13.2. The number of halogens is 3. The van der Waals surface area contributed by atoms with Gasteiger partial charge < -0.3 is 10.4 Å². The number of benzene rings is 2. The molecule has 0 radical (unpaired) electrons. The van der Waals surface area contributed by atoms with E-state index >= 15 is 0 Å². The van der Waals surface area contributed by atoms with Crippen LogP contribution in [-0.2, 0) is 0 Å². The van der Waals surface area contributed by atoms with Crippen molar-refractivity contribution in [2.75, 3.05) is 5.32 Å². The molecule has 0 saturated carbocycles. The van der Waals surface area contributed by atoms with E-state index in [0.29, 0.717) is 21.3 Å². The van der Waals surface area contributed by atoms with Crippen LogP contribution < -0.4 is 5.32 Å². The summed E-state index contributed by atoms with van der Waals surface area (Å²) < 4.78 is 0. The number of allylic oxidation sites excluding steroid dienone is 2. The summed E-state index contributed by atoms with van der Waals surface area (Å²) in [5.41, 5.74) is 1.40. The largest absolute Gasteiger partial charge is 0.506 e. The molecule has 0 amide bonds. The molecule has 0 saturated heterocycles. The van der Waals surface area contributed by atoms with Gasteiger partial charge in [0, 0.05) is 22.0 Å². The summed E-state index contributed by atoms with van der Waals surface area (Å²) in [4.78, 5) is 11.1. The molecule has 2 N–H and O–H groups in total. The summed E-state index contributed by atoms with van der Waals surface area (Å²) >= 11 is 18.4. The molecule has 8 heteroatoms. The van der Waals surface area contributed by atoms with Gasteiger partial charge in [0.15, 0.2) is 0 Å². The van der Waals surface area contributed by atoms with Crippen LogP contribution in [0.2, 0.25) is 15.1 Å². The Balaban J connectivity index is 1.91. The number of phenols is 1. The van der Waals surface area contributed by atoms with Crippen molar-refractivity contribution < 1.29 is 10.0 Å². The fourth-order valence-corrected chi connectivity index (χ4v) is 4.76. The van der Waals surface area contributed by atoms with E-state index in [4.69, 9.17) is 34.8 Å². The lowest BCUT2D eigenvalue weighted by Crippen LogP contribution is -2.30. The molecule has 3 atom stereocenters. The first-order valence-corrected chi connectivity index (χ1v) is 9.09. The van der Waals surface area contributed by atoms with E-state index in [1.54, 1.807) is 12.1 Å². The van der Waals surface area contributed by atoms with Crippen molar-refractivity contribution in [3.05, 3.63) is 72.7 Å². The molecule has 4 rings (SSSR count). The standard InChI is InChI=1S/C18H13Cl3N2O3/c19-8-4-5-11(12(20)6-8)16-10-3-1-2-9(10)15-17(22-16)14(24)7-13(21)18(15)23(25)26/h1-2,4-7,9-10,16,22,24H,3H2/t9-,10-,16+/m1/s1. The highest BCUT2D eigenvalue weighted by Gasteiger charge is 2.44. The number of fused-ring (bicyclic) bond motifs is 3. The number of hydrogen-bond acceptors (Lipinski definition) is 4. The number of rotatable bonds is 2. The van der Waals surface area contributed by atoms with Crippen LogP contribution in [0.4, 0.5) is 11.4 Å². The first-order valence-electron chi connectivity index (χ1n) is 7.96. The van der Waals surface area contributed by atoms with Gasteiger partial charge in [0.25, 0.3) is 5.69 Å². The Hall–Kier alpha value is -1.95. The minimum atomic E-state index is -0.499. The number of aromatic hydroxyl groups is 1. The quantitative estimate of drug-likeness (QED) is 0.271. The van der Waals surface area contributed by atoms with Gasteiger partial charge in [-0.15, -0.1) is 0 Å². The number of nitro groups is 1. The maximum Gasteiger partial charge on any atom is 0.293 e. The minimum Gasteiger partial charge on any atom is -0.506 e. The Morgan fingerprint density at radius 1 is 1.19 bits per heavy atom. The van der Waals surface area contributed by atoms with Crippen molar-refractivity contribution in [1.29, 1.82) is 0 Å². The van der Waals surface area contributed by atoms with E-state index in [0.717, 1.165) is 12.0 Å². The zero-order chi connectivity index (χ0) is 18.6. The van der Waals surface area contributed by atoms with Gasteiger partial charge in [-0.2, -0.15) is 0 Å². The van der Waals surface area contributed by atoms with Gasteiger partial charge in [0.05, 0.1) is 22.2 Å². The van der Waals surface area contributed by atoms with Crippen molar-refractivity contribution >= 4 is 46.2 Å². The van der Waals surface area contributed by atoms with E-state index in [1.165, 1.54) is 6.07 Å². The highest BCUT2D eigenvalue weighted by molar-refractivity contribution is 6.35. The number of nitrogens with zero attached hydrogens (tertiary/aromatic N) is 1. The van der Waals surface area contributed by atoms with Crippen molar-refractivity contribution in [3.8, 4) is 5.75 Å². The van der Waals surface area contributed by atoms with Gasteiger partial charge in [0.1, 0.15) is 10.8 Å². The summed E-state index contributed by atoms with van der Waals surface area (Å²) in [6.07, 6.45) is 4.65. The maximum atomic E-state index is 11.6. The third-order valence-corrected chi connectivity index (χ3v) is 5.88. The Morgan fingerprint density at radius 2 is 1.96 bits per heavy atom. The van der Waals surface area contributed by atoms with Gasteiger partial charge >= 0.3 is 0 Å². The van der Waals surface area contributed by atoms with E-state index in [-0.39, 0.29) is 34.3 Å². The van der Waals surface area contributed by atoms with Crippen LogP contribution in [0.3, 0.4) is 0 Å². The third-order valence-electron chi connectivity index (χ3n) is 5.02. The Kier molecular flexibility index (Phi) is 4.26. The monoisotopic (exact) mass is 410 g/mol. The van der Waals surface area contributed by atoms with Crippen LogP contribution in [0.1, 0.15) is 29.5 Å². The summed E-state index contributed by atoms with van der Waals surface area (Å²) in [5.74, 6) is -0.352. The van der Waals surface area contributed by atoms with Crippen molar-refractivity contribution in [2.24, 2.45) is 5.92 Å². The molecule has 26 heavy (non-hydrogen) atoms. The van der Waals surface area contributed by atoms with Crippen LogP contribution in [0.25, 0.3) is 0 Å². The first-order chi connectivity index (χ1) is 12.4. The SMILES string of the molecule is O=[N+]([O-])c1c(Cl)cc(O)c2c1[C@@H]1C=CC[C@H]1[C@@H](c1ccc(Cl)cc1Cl)N2. The summed E-state index contributed by atoms with van der Waals surface area (Å²) in [5, 5.41) is 26.2. The topological polar surface area (TPSA) is 75.4 Å². The molecule has 1 aliphatic carbocycles. The Bertz CT molecular complexity index is 961. The average molecular weight is 412 g/mol. The zero-order valence-corrected chi connectivity index (χ0v) is 15.5. The first kappa shape index (κ1) is 17.5. The van der Waals surface area contributed by atoms with Gasteiger partial charge in [-0.1, -0.05) is 53.0 Å². The normalized spacial score (nSPS) is 23.3. The number of nitrogens with one attached hydrogen (secondary N) is 1. The second-order valence-electron chi connectivity index (χ2n) is 6.41. The summed E-state index contributed by atoms with van der Waals surface area (Å²) in [7, 11) is 0. The molecule has 0 unspecified atom stereocenters. The lowest BCUT2D eigenvalue weighted by Gasteiger charge is -2.37. The average Bonchev–Trinajstić information content (AvgIpc) is 3.04. The summed E-state index contributed by atoms with van der Waals surface area (Å²) in [6.45, 7) is 0. The van der Waals surface area contributed by atoms with Crippen LogP contribution in [0.15, 0.2) is 36.4 Å². The fourth-order valence-electron chi connectivity index (χ4n) is 3.96. The van der Waals surface area contributed by atoms with E-state index in [2.05, 4.69) is 5.32 Å². The fraction of sp³-hybridized carbons (Fsp3) is 0.222. The van der Waals surface area contributed by atoms with Crippen molar-refractivity contribution in [2.45, 2.75) is 18.4 Å². The lowest BCUT2D eigenvalue weighted by atomic mass is 9.76. The smallest absolute Gasteiger partial charge is 0.293 e. The van der Waals surface area contributed by atoms with Crippen LogP contribution in [-0.4, -0.2) is 10.0 Å². The van der Waals surface area contributed by atoms with Gasteiger partial charge in [-0.3, -0.25) is 10.1 Å². The van der Waals surface area contributed by atoms with Crippen LogP contribution >= 0.6 is 34.8 Å². The molecular weight excluding hydrogens is 399 g/mol. The molecule has 0 aromatic heterocycles. The molecule has 2 aromatic rings. The minimum absolute atomic E-state index is 0.0118. The number of anilines is 1. The van der Waals surface area contributed by atoms with Gasteiger partial charge in [0.2, 0.25) is 0 Å². The number of phenolic OH excluding ortho intramolecular Hbond substituents is 1. The predicted octanol–water partition coefficient (Wildman–Crippen LogP) is 6.09. The molecule has 2 aliphatic rings. The number of nitro benzene ring substituents is 1. The molecule has 134 valence electrons. The van der Waals surface area contributed by atoms with Crippen LogP contribution in [0.5, 0.6) is 5.75 Å². The van der Waals surface area contributed by atoms with E-state index < -0.39 is 4.92 Å². The van der Waals surface area contributed by atoms with Crippen LogP contribution in [0, 0.1) is 16.0 Å². The molecule has 0 spiro atoms. The number of hydrogen-bond donors (Lipinski definition) is 2. The molecule has 1 heterocycles. The van der Waals surface area contributed by atoms with E-state index in [1.807, 2.05) is 18.2 Å². The molecule has 1 aliphatic heterocycles. The molecule has 5 nitrogen and oxygen atoms in total. The van der Waals surface area contributed by atoms with Gasteiger partial charge in [-0.25, -0.2) is 0 Å². The van der Waals surface area contributed by atoms with Crippen molar-refractivity contribution in [3.63, 3.8) is 0 Å². The Morgan fingerprint density at radius 3 is 2.65 bits per heavy atom. The predicted molar refractivity (Wildman–Crippen MR) is 103 cm³/mol. The summed E-state index contributed by atoms with van der Waals surface area (Å²) in [6, 6.07) is 6.23. The molecule has 0 bridgehead atoms. The molecular formula is C18H13Cl3N2O3. The maximum absolute atomic E-state index is 11.6. The second kappa shape index (κ2) is 6.34. The molecule has 2 aromatic carbocycles.